The Morgan fingerprint density at radius 1 is 1.00 bits per heavy atom. The number of aromatic nitrogens is 1. The standard InChI is InChI=1S/C38H46Cl2N2O9/c1-42(16-17-48-37-36(47)35(46)34(45)32(21-43)51-37)33(44)9-5-2-6-23-18-30(40)24(19-29(23)39)22-49-38(13-14-38)28-20-41-15-12-26(28)27-7-3-4-8-31(27)50-25-10-11-25/h3-4,7-8,12,15,18-20,25,32,34-37,43,45-47H,2,5-6,9-11,13-14,16-17,21-22H2,1H3/t32-,34-,35+,36-,37-/m1/s1. The number of carbonyl (C=O) groups is 1. The van der Waals surface area contributed by atoms with Crippen molar-refractivity contribution >= 4 is 29.1 Å². The number of ether oxygens (including phenoxy) is 4. The molecule has 11 nitrogen and oxygen atoms in total. The topological polar surface area (TPSA) is 151 Å². The fraction of sp³-hybridized carbons (Fsp3) is 0.526. The van der Waals surface area contributed by atoms with Gasteiger partial charge in [-0.15, -0.1) is 0 Å². The van der Waals surface area contributed by atoms with E-state index in [1.54, 1.807) is 13.2 Å². The van der Waals surface area contributed by atoms with E-state index in [4.69, 9.17) is 42.1 Å². The number of hydrogen-bond donors (Lipinski definition) is 4. The van der Waals surface area contributed by atoms with Gasteiger partial charge in [0.2, 0.25) is 5.91 Å². The minimum Gasteiger partial charge on any atom is -0.490 e. The Balaban J connectivity index is 0.967. The van der Waals surface area contributed by atoms with Crippen LogP contribution in [0.3, 0.4) is 0 Å². The molecule has 3 fully saturated rings. The third kappa shape index (κ3) is 9.22. The molecule has 2 aliphatic carbocycles. The van der Waals surface area contributed by atoms with Crippen LogP contribution in [0.15, 0.2) is 54.9 Å². The summed E-state index contributed by atoms with van der Waals surface area (Å²) in [5.41, 5.74) is 4.39. The maximum atomic E-state index is 12.7. The van der Waals surface area contributed by atoms with Crippen LogP contribution in [0.25, 0.3) is 11.1 Å². The Morgan fingerprint density at radius 3 is 2.49 bits per heavy atom. The first kappa shape index (κ1) is 37.9. The number of carbonyl (C=O) groups excluding carboxylic acids is 1. The quantitative estimate of drug-likeness (QED) is 0.142. The zero-order valence-electron chi connectivity index (χ0n) is 28.6. The predicted octanol–water partition coefficient (Wildman–Crippen LogP) is 4.79. The Bertz CT molecular complexity index is 1650. The maximum Gasteiger partial charge on any atom is 0.222 e. The molecule has 1 amide bonds. The van der Waals surface area contributed by atoms with Crippen LogP contribution in [0.1, 0.15) is 61.6 Å². The average Bonchev–Trinajstić information content (AvgIpc) is 4.08. The molecular weight excluding hydrogens is 699 g/mol. The molecule has 1 saturated heterocycles. The number of halogens is 2. The van der Waals surface area contributed by atoms with Gasteiger partial charge in [-0.2, -0.15) is 0 Å². The van der Waals surface area contributed by atoms with E-state index >= 15 is 0 Å². The highest BCUT2D eigenvalue weighted by Crippen LogP contribution is 2.53. The third-order valence-electron chi connectivity index (χ3n) is 9.80. The summed E-state index contributed by atoms with van der Waals surface area (Å²) in [6.07, 6.45) is 3.51. The lowest BCUT2D eigenvalue weighted by molar-refractivity contribution is -0.301. The van der Waals surface area contributed by atoms with Crippen LogP contribution in [0.2, 0.25) is 10.0 Å². The number of benzene rings is 2. The van der Waals surface area contributed by atoms with Crippen LogP contribution in [-0.2, 0) is 37.6 Å². The number of likely N-dealkylation sites (N-methyl/N-ethyl adjacent to an activating group) is 1. The lowest BCUT2D eigenvalue weighted by atomic mass is 9.96. The van der Waals surface area contributed by atoms with Crippen molar-refractivity contribution in [1.29, 1.82) is 0 Å². The molecule has 51 heavy (non-hydrogen) atoms. The molecule has 0 unspecified atom stereocenters. The number of nitrogens with zero attached hydrogens (tertiary/aromatic N) is 2. The molecule has 0 spiro atoms. The molecule has 4 N–H and O–H groups in total. The first-order chi connectivity index (χ1) is 24.6. The Labute approximate surface area is 308 Å². The van der Waals surface area contributed by atoms with E-state index in [0.29, 0.717) is 35.9 Å². The summed E-state index contributed by atoms with van der Waals surface area (Å²) in [4.78, 5) is 18.7. The highest BCUT2D eigenvalue weighted by molar-refractivity contribution is 6.34. The van der Waals surface area contributed by atoms with Crippen LogP contribution in [-0.4, -0.2) is 99.8 Å². The number of pyridine rings is 1. The summed E-state index contributed by atoms with van der Waals surface area (Å²) in [7, 11) is 1.65. The zero-order valence-corrected chi connectivity index (χ0v) is 30.1. The number of aliphatic hydroxyl groups is 4. The normalized spacial score (nSPS) is 23.9. The summed E-state index contributed by atoms with van der Waals surface area (Å²) >= 11 is 13.5. The van der Waals surface area contributed by atoms with E-state index in [-0.39, 0.29) is 25.2 Å². The molecule has 276 valence electrons. The van der Waals surface area contributed by atoms with Crippen molar-refractivity contribution in [2.45, 2.75) is 100 Å². The number of unbranched alkanes of at least 4 members (excludes halogenated alkanes) is 1. The van der Waals surface area contributed by atoms with E-state index in [2.05, 4.69) is 11.1 Å². The predicted molar refractivity (Wildman–Crippen MR) is 190 cm³/mol. The highest BCUT2D eigenvalue weighted by Gasteiger charge is 2.48. The van der Waals surface area contributed by atoms with Crippen LogP contribution < -0.4 is 4.74 Å². The molecular formula is C38H46Cl2N2O9. The molecule has 0 radical (unpaired) electrons. The van der Waals surface area contributed by atoms with E-state index in [0.717, 1.165) is 65.7 Å². The Morgan fingerprint density at radius 2 is 1.75 bits per heavy atom. The van der Waals surface area contributed by atoms with Gasteiger partial charge in [0.25, 0.3) is 0 Å². The molecule has 1 aliphatic heterocycles. The van der Waals surface area contributed by atoms with Crippen LogP contribution in [0.4, 0.5) is 0 Å². The van der Waals surface area contributed by atoms with E-state index in [1.807, 2.05) is 42.6 Å². The number of aryl methyl sites for hydroxylation is 1. The number of aliphatic hydroxyl groups excluding tert-OH is 4. The van der Waals surface area contributed by atoms with Crippen molar-refractivity contribution in [2.75, 3.05) is 26.8 Å². The molecule has 5 atom stereocenters. The summed E-state index contributed by atoms with van der Waals surface area (Å²) in [5.74, 6) is 0.804. The SMILES string of the molecule is CN(CCO[C@@H]1O[C@H](CO)[C@@H](O)[C@H](O)[C@H]1O)C(=O)CCCCc1cc(Cl)c(COC2(c3cnccc3-c3ccccc3OC3CC3)CC2)cc1Cl. The van der Waals surface area contributed by atoms with Gasteiger partial charge in [-0.25, -0.2) is 0 Å². The van der Waals surface area contributed by atoms with Gasteiger partial charge in [-0.1, -0.05) is 41.4 Å². The van der Waals surface area contributed by atoms with Gasteiger partial charge in [-0.05, 0) is 85.9 Å². The Hall–Kier alpha value is -2.84. The Kier molecular flexibility index (Phi) is 12.5. The van der Waals surface area contributed by atoms with Gasteiger partial charge in [0.15, 0.2) is 6.29 Å². The fourth-order valence-corrected chi connectivity index (χ4v) is 6.84. The lowest BCUT2D eigenvalue weighted by Gasteiger charge is -2.39. The van der Waals surface area contributed by atoms with Crippen LogP contribution in [0, 0.1) is 0 Å². The van der Waals surface area contributed by atoms with Gasteiger partial charge in [0.05, 0.1) is 31.5 Å². The minimum atomic E-state index is -1.52. The van der Waals surface area contributed by atoms with Crippen molar-refractivity contribution in [3.8, 4) is 16.9 Å². The van der Waals surface area contributed by atoms with E-state index in [9.17, 15) is 25.2 Å². The van der Waals surface area contributed by atoms with E-state index < -0.39 is 42.9 Å². The van der Waals surface area contributed by atoms with E-state index in [1.165, 1.54) is 4.90 Å². The minimum absolute atomic E-state index is 0.0307. The molecule has 2 heterocycles. The lowest BCUT2D eigenvalue weighted by Crippen LogP contribution is -2.59. The van der Waals surface area contributed by atoms with Gasteiger partial charge in [0, 0.05) is 53.6 Å². The summed E-state index contributed by atoms with van der Waals surface area (Å²) in [5, 5.41) is 40.4. The maximum absolute atomic E-state index is 12.7. The monoisotopic (exact) mass is 744 g/mol. The fourth-order valence-electron chi connectivity index (χ4n) is 6.32. The van der Waals surface area contributed by atoms with Crippen LogP contribution in [0.5, 0.6) is 5.75 Å². The van der Waals surface area contributed by atoms with Crippen LogP contribution >= 0.6 is 23.2 Å². The summed E-state index contributed by atoms with van der Waals surface area (Å²) < 4.78 is 23.6. The summed E-state index contributed by atoms with van der Waals surface area (Å²) in [6, 6.07) is 13.9. The van der Waals surface area contributed by atoms with Crippen molar-refractivity contribution in [3.05, 3.63) is 81.6 Å². The smallest absolute Gasteiger partial charge is 0.222 e. The second-order valence-electron chi connectivity index (χ2n) is 13.6. The van der Waals surface area contributed by atoms with Gasteiger partial charge >= 0.3 is 0 Å². The molecule has 2 aromatic carbocycles. The molecule has 3 aromatic rings. The number of amides is 1. The number of hydrogen-bond acceptors (Lipinski definition) is 10. The largest absolute Gasteiger partial charge is 0.490 e. The molecule has 6 rings (SSSR count). The third-order valence-corrected chi connectivity index (χ3v) is 10.5. The number of rotatable bonds is 17. The molecule has 1 aromatic heterocycles. The number of para-hydroxylation sites is 1. The van der Waals surface area contributed by atoms with Gasteiger partial charge in [0.1, 0.15) is 30.2 Å². The zero-order chi connectivity index (χ0) is 36.1. The van der Waals surface area contributed by atoms with Gasteiger partial charge < -0.3 is 44.3 Å². The second-order valence-corrected chi connectivity index (χ2v) is 14.5. The average molecular weight is 746 g/mol. The van der Waals surface area contributed by atoms with Gasteiger partial charge in [-0.3, -0.25) is 9.78 Å². The second kappa shape index (κ2) is 16.9. The van der Waals surface area contributed by atoms with Crippen molar-refractivity contribution in [3.63, 3.8) is 0 Å². The molecule has 0 bridgehead atoms. The van der Waals surface area contributed by atoms with Crippen molar-refractivity contribution < 1.29 is 44.2 Å². The highest BCUT2D eigenvalue weighted by atomic mass is 35.5. The van der Waals surface area contributed by atoms with Crippen molar-refractivity contribution in [2.24, 2.45) is 0 Å². The first-order valence-electron chi connectivity index (χ1n) is 17.6. The molecule has 13 heteroatoms. The molecule has 2 saturated carbocycles. The van der Waals surface area contributed by atoms with Crippen molar-refractivity contribution in [1.82, 2.24) is 9.88 Å². The molecule has 3 aliphatic rings. The summed E-state index contributed by atoms with van der Waals surface area (Å²) in [6.45, 7) is 0.0160. The first-order valence-corrected chi connectivity index (χ1v) is 18.3.